The Kier molecular flexibility index (Phi) is 5.83. The number of sulfonamides is 1. The van der Waals surface area contributed by atoms with Crippen LogP contribution in [0.2, 0.25) is 0 Å². The number of aryl methyl sites for hydroxylation is 3. The lowest BCUT2D eigenvalue weighted by molar-refractivity contribution is 0.0775. The molecule has 2 amide bonds. The van der Waals surface area contributed by atoms with Crippen LogP contribution in [-0.4, -0.2) is 60.4 Å². The molecule has 2 atom stereocenters. The third-order valence-electron chi connectivity index (χ3n) is 6.45. The lowest BCUT2D eigenvalue weighted by Crippen LogP contribution is -2.43. The summed E-state index contributed by atoms with van der Waals surface area (Å²) in [5, 5.41) is 2.67. The van der Waals surface area contributed by atoms with E-state index >= 15 is 0 Å². The van der Waals surface area contributed by atoms with E-state index < -0.39 is 27.8 Å². The summed E-state index contributed by atoms with van der Waals surface area (Å²) in [6.45, 7) is 3.64. The number of ether oxygens (including phenoxy) is 1. The molecular formula is C23H24FN5O6S. The average molecular weight is 518 g/mol. The summed E-state index contributed by atoms with van der Waals surface area (Å²) in [6, 6.07) is 3.54. The maximum absolute atomic E-state index is 13.6. The Morgan fingerprint density at radius 3 is 2.72 bits per heavy atom. The van der Waals surface area contributed by atoms with Crippen LogP contribution < -0.4 is 14.8 Å². The molecule has 0 aliphatic carbocycles. The number of hydrogen-bond acceptors (Lipinski definition) is 7. The van der Waals surface area contributed by atoms with Crippen molar-refractivity contribution in [2.24, 2.45) is 13.0 Å². The van der Waals surface area contributed by atoms with E-state index in [4.69, 9.17) is 9.15 Å². The third-order valence-corrected chi connectivity index (χ3v) is 7.93. The van der Waals surface area contributed by atoms with Crippen molar-refractivity contribution < 1.29 is 31.6 Å². The first kappa shape index (κ1) is 24.0. The van der Waals surface area contributed by atoms with Crippen LogP contribution in [0, 0.1) is 25.6 Å². The molecular weight excluding hydrogens is 493 g/mol. The number of nitrogens with one attached hydrogen (secondary N) is 2. The molecule has 0 bridgehead atoms. The van der Waals surface area contributed by atoms with E-state index in [0.717, 1.165) is 0 Å². The van der Waals surface area contributed by atoms with Crippen LogP contribution in [0.15, 0.2) is 40.1 Å². The van der Waals surface area contributed by atoms with E-state index in [1.807, 2.05) is 0 Å². The van der Waals surface area contributed by atoms with E-state index in [-0.39, 0.29) is 53.6 Å². The number of halogens is 1. The van der Waals surface area contributed by atoms with Crippen molar-refractivity contribution in [3.8, 4) is 5.75 Å². The van der Waals surface area contributed by atoms with Gasteiger partial charge < -0.3 is 23.9 Å². The molecule has 2 aromatic heterocycles. The van der Waals surface area contributed by atoms with Crippen LogP contribution in [0.25, 0.3) is 0 Å². The number of oxazole rings is 1. The van der Waals surface area contributed by atoms with E-state index in [1.54, 1.807) is 13.8 Å². The van der Waals surface area contributed by atoms with Gasteiger partial charge in [0.1, 0.15) is 16.5 Å². The predicted octanol–water partition coefficient (Wildman–Crippen LogP) is 1.83. The molecule has 5 rings (SSSR count). The minimum Gasteiger partial charge on any atom is -0.489 e. The number of amides is 2. The number of carbonyl (C=O) groups is 2. The van der Waals surface area contributed by atoms with Crippen LogP contribution in [0.4, 0.5) is 10.1 Å². The quantitative estimate of drug-likeness (QED) is 0.541. The molecule has 36 heavy (non-hydrogen) atoms. The Morgan fingerprint density at radius 2 is 2.03 bits per heavy atom. The zero-order chi connectivity index (χ0) is 25.8. The number of carbonyl (C=O) groups excluding carboxylic acids is 2. The Morgan fingerprint density at radius 1 is 1.25 bits per heavy atom. The lowest BCUT2D eigenvalue weighted by atomic mass is 10.1. The Labute approximate surface area is 206 Å². The summed E-state index contributed by atoms with van der Waals surface area (Å²) >= 11 is 0. The molecule has 11 nitrogen and oxygen atoms in total. The van der Waals surface area contributed by atoms with E-state index in [0.29, 0.717) is 17.0 Å². The van der Waals surface area contributed by atoms with Gasteiger partial charge in [0.15, 0.2) is 23.5 Å². The van der Waals surface area contributed by atoms with Crippen molar-refractivity contribution in [1.82, 2.24) is 19.2 Å². The molecule has 190 valence electrons. The number of fused-ring (bicyclic) bond motifs is 2. The monoisotopic (exact) mass is 517 g/mol. The van der Waals surface area contributed by atoms with Crippen LogP contribution in [0.3, 0.4) is 0 Å². The smallest absolute Gasteiger partial charge is 0.276 e. The Balaban J connectivity index is 1.41. The number of benzene rings is 1. The number of rotatable bonds is 3. The molecule has 1 aromatic carbocycles. The predicted molar refractivity (Wildman–Crippen MR) is 125 cm³/mol. The fourth-order valence-corrected chi connectivity index (χ4v) is 6.03. The maximum atomic E-state index is 13.6. The van der Waals surface area contributed by atoms with Gasteiger partial charge in [-0.1, -0.05) is 0 Å². The second kappa shape index (κ2) is 8.75. The number of likely N-dealkylation sites (tertiary alicyclic amines) is 1. The standard InChI is InChI=1S/C23H24FN5O6S/c1-12-6-15(4-5-16(12)24)26-22(30)20-21-18(9-28(20)3)36(32,33)27-17-8-29(7-14(17)10-34-21)23(31)19-13(2)35-11-25-19/h4-6,9,11,14,17,27H,7-8,10H2,1-3H3,(H,26,30)/t14-,17+/m0/s1. The molecule has 13 heteroatoms. The highest BCUT2D eigenvalue weighted by Crippen LogP contribution is 2.35. The SMILES string of the molecule is Cc1cc(NC(=O)c2c3c(cn2C)S(=O)(=O)N[C@@H]2CN(C(=O)c4ncoc4C)C[C@H]2CO3)ccc1F. The Bertz CT molecular complexity index is 1480. The summed E-state index contributed by atoms with van der Waals surface area (Å²) in [5.41, 5.74) is 0.881. The molecule has 3 aromatic rings. The largest absolute Gasteiger partial charge is 0.489 e. The molecule has 0 spiro atoms. The van der Waals surface area contributed by atoms with Gasteiger partial charge in [0.2, 0.25) is 10.0 Å². The summed E-state index contributed by atoms with van der Waals surface area (Å²) < 4.78 is 55.2. The number of aromatic nitrogens is 2. The van der Waals surface area contributed by atoms with Gasteiger partial charge >= 0.3 is 0 Å². The normalized spacial score (nSPS) is 20.6. The van der Waals surface area contributed by atoms with Crippen molar-refractivity contribution in [1.29, 1.82) is 0 Å². The highest BCUT2D eigenvalue weighted by molar-refractivity contribution is 7.89. The minimum atomic E-state index is -4.09. The molecule has 1 saturated heterocycles. The molecule has 2 aliphatic heterocycles. The number of hydrogen-bond donors (Lipinski definition) is 2. The second-order valence-corrected chi connectivity index (χ2v) is 10.6. The molecule has 1 fully saturated rings. The molecule has 0 radical (unpaired) electrons. The van der Waals surface area contributed by atoms with Crippen molar-refractivity contribution in [3.63, 3.8) is 0 Å². The van der Waals surface area contributed by atoms with Gasteiger partial charge in [-0.15, -0.1) is 0 Å². The van der Waals surface area contributed by atoms with Crippen molar-refractivity contribution in [2.75, 3.05) is 25.0 Å². The van der Waals surface area contributed by atoms with Crippen molar-refractivity contribution >= 4 is 27.5 Å². The molecule has 0 saturated carbocycles. The van der Waals surface area contributed by atoms with Gasteiger partial charge in [0.05, 0.1) is 6.61 Å². The summed E-state index contributed by atoms with van der Waals surface area (Å²) in [6.07, 6.45) is 2.49. The second-order valence-electron chi connectivity index (χ2n) is 8.97. The Hall–Kier alpha value is -3.71. The van der Waals surface area contributed by atoms with Crippen LogP contribution in [0.5, 0.6) is 5.75 Å². The first-order valence-electron chi connectivity index (χ1n) is 11.2. The number of nitrogens with zero attached hydrogens (tertiary/aromatic N) is 3. The lowest BCUT2D eigenvalue weighted by Gasteiger charge is -2.23. The highest BCUT2D eigenvalue weighted by atomic mass is 32.2. The van der Waals surface area contributed by atoms with Gasteiger partial charge in [-0.25, -0.2) is 22.5 Å². The molecule has 2 aliphatic rings. The van der Waals surface area contributed by atoms with Gasteiger partial charge in [0.25, 0.3) is 11.8 Å². The van der Waals surface area contributed by atoms with E-state index in [1.165, 1.54) is 47.3 Å². The van der Waals surface area contributed by atoms with Gasteiger partial charge in [0, 0.05) is 44.0 Å². The van der Waals surface area contributed by atoms with Gasteiger partial charge in [-0.05, 0) is 37.6 Å². The van der Waals surface area contributed by atoms with Crippen molar-refractivity contribution in [2.45, 2.75) is 24.8 Å². The minimum absolute atomic E-state index is 0.0000422. The highest BCUT2D eigenvalue weighted by Gasteiger charge is 2.43. The maximum Gasteiger partial charge on any atom is 0.276 e. The van der Waals surface area contributed by atoms with Crippen LogP contribution >= 0.6 is 0 Å². The summed E-state index contributed by atoms with van der Waals surface area (Å²) in [5.74, 6) is -1.45. The molecule has 2 N–H and O–H groups in total. The van der Waals surface area contributed by atoms with E-state index in [2.05, 4.69) is 15.0 Å². The number of anilines is 1. The fraction of sp³-hybridized carbons (Fsp3) is 0.348. The molecule has 0 unspecified atom stereocenters. The zero-order valence-corrected chi connectivity index (χ0v) is 20.6. The molecule has 4 heterocycles. The van der Waals surface area contributed by atoms with Crippen LogP contribution in [0.1, 0.15) is 32.3 Å². The topological polar surface area (TPSA) is 136 Å². The summed E-state index contributed by atoms with van der Waals surface area (Å²) in [4.78, 5) is 31.3. The average Bonchev–Trinajstić information content (AvgIpc) is 3.50. The van der Waals surface area contributed by atoms with Crippen LogP contribution in [-0.2, 0) is 17.1 Å². The van der Waals surface area contributed by atoms with Gasteiger partial charge in [-0.3, -0.25) is 9.59 Å². The third kappa shape index (κ3) is 4.13. The zero-order valence-electron chi connectivity index (χ0n) is 19.7. The van der Waals surface area contributed by atoms with Gasteiger partial charge in [-0.2, -0.15) is 0 Å². The first-order valence-corrected chi connectivity index (χ1v) is 12.6. The summed E-state index contributed by atoms with van der Waals surface area (Å²) in [7, 11) is -2.55. The van der Waals surface area contributed by atoms with Crippen molar-refractivity contribution in [3.05, 3.63) is 59.3 Å². The first-order chi connectivity index (χ1) is 17.0. The van der Waals surface area contributed by atoms with E-state index in [9.17, 15) is 22.4 Å². The fourth-order valence-electron chi connectivity index (χ4n) is 4.54.